The first kappa shape index (κ1) is 19.3. The molecule has 23 heavy (non-hydrogen) atoms. The van der Waals surface area contributed by atoms with Crippen LogP contribution in [0.3, 0.4) is 0 Å². The number of piperidine rings is 1. The van der Waals surface area contributed by atoms with Crippen molar-refractivity contribution in [3.63, 3.8) is 0 Å². The average molecular weight is 328 g/mol. The van der Waals surface area contributed by atoms with Crippen LogP contribution in [-0.2, 0) is 19.1 Å². The van der Waals surface area contributed by atoms with Crippen LogP contribution in [0.1, 0.15) is 40.5 Å². The molecule has 7 nitrogen and oxygen atoms in total. The van der Waals surface area contributed by atoms with Crippen molar-refractivity contribution in [1.82, 2.24) is 10.2 Å². The molecule has 7 heteroatoms. The lowest BCUT2D eigenvalue weighted by molar-refractivity contribution is -0.160. The van der Waals surface area contributed by atoms with Gasteiger partial charge in [-0.15, -0.1) is 0 Å². The summed E-state index contributed by atoms with van der Waals surface area (Å²) in [6.45, 7) is 8.12. The van der Waals surface area contributed by atoms with Crippen molar-refractivity contribution < 1.29 is 23.9 Å². The zero-order chi connectivity index (χ0) is 17.6. The maximum atomic E-state index is 12.9. The lowest BCUT2D eigenvalue weighted by Crippen LogP contribution is -2.59. The number of likely N-dealkylation sites (tertiary alicyclic amines) is 1. The second-order valence-corrected chi connectivity index (χ2v) is 6.21. The van der Waals surface area contributed by atoms with Crippen molar-refractivity contribution in [2.24, 2.45) is 11.8 Å². The second-order valence-electron chi connectivity index (χ2n) is 6.21. The second kappa shape index (κ2) is 8.74. The van der Waals surface area contributed by atoms with E-state index >= 15 is 0 Å². The Morgan fingerprint density at radius 3 is 2.48 bits per heavy atom. The molecule has 3 unspecified atom stereocenters. The fourth-order valence-corrected chi connectivity index (χ4v) is 2.90. The predicted octanol–water partition coefficient (Wildman–Crippen LogP) is 1.56. The van der Waals surface area contributed by atoms with Crippen molar-refractivity contribution >= 4 is 18.0 Å². The molecule has 132 valence electrons. The molecule has 0 bridgehead atoms. The number of nitrogens with zero attached hydrogens (tertiary/aromatic N) is 1. The van der Waals surface area contributed by atoms with E-state index in [9.17, 15) is 14.4 Å². The van der Waals surface area contributed by atoms with Crippen LogP contribution < -0.4 is 5.32 Å². The van der Waals surface area contributed by atoms with Gasteiger partial charge in [0.1, 0.15) is 12.1 Å². The van der Waals surface area contributed by atoms with Crippen molar-refractivity contribution in [2.45, 2.75) is 52.6 Å². The molecule has 2 amide bonds. The lowest BCUT2D eigenvalue weighted by atomic mass is 9.89. The normalized spacial score (nSPS) is 22.4. The first-order chi connectivity index (χ1) is 10.8. The number of rotatable bonds is 5. The number of hydrogen-bond donors (Lipinski definition) is 1. The Labute approximate surface area is 137 Å². The number of alkyl carbamates (subject to hydrolysis) is 1. The highest BCUT2D eigenvalue weighted by Crippen LogP contribution is 2.26. The van der Waals surface area contributed by atoms with Gasteiger partial charge in [0.15, 0.2) is 0 Å². The fourth-order valence-electron chi connectivity index (χ4n) is 2.90. The Balaban J connectivity index is 2.98. The molecule has 0 aliphatic carbocycles. The zero-order valence-electron chi connectivity index (χ0n) is 14.6. The van der Waals surface area contributed by atoms with E-state index in [4.69, 9.17) is 4.74 Å². The molecule has 0 spiro atoms. The third-order valence-electron chi connectivity index (χ3n) is 4.14. The first-order valence-electron chi connectivity index (χ1n) is 8.15. The summed E-state index contributed by atoms with van der Waals surface area (Å²) in [7, 11) is 1.25. The first-order valence-corrected chi connectivity index (χ1v) is 8.15. The molecular formula is C16H28N2O5. The summed E-state index contributed by atoms with van der Waals surface area (Å²) >= 11 is 0. The number of carbonyl (C=O) groups is 3. The van der Waals surface area contributed by atoms with Crippen molar-refractivity contribution in [1.29, 1.82) is 0 Å². The monoisotopic (exact) mass is 328 g/mol. The Kier molecular flexibility index (Phi) is 7.32. The molecule has 1 fully saturated rings. The maximum Gasteiger partial charge on any atom is 0.407 e. The van der Waals surface area contributed by atoms with Gasteiger partial charge in [-0.2, -0.15) is 0 Å². The highest BCUT2D eigenvalue weighted by molar-refractivity contribution is 5.90. The van der Waals surface area contributed by atoms with Crippen molar-refractivity contribution in [3.8, 4) is 0 Å². The number of esters is 1. The van der Waals surface area contributed by atoms with Crippen LogP contribution in [0.5, 0.6) is 0 Å². The number of carbonyl (C=O) groups excluding carboxylic acids is 3. The van der Waals surface area contributed by atoms with Crippen molar-refractivity contribution in [2.75, 3.05) is 20.3 Å². The summed E-state index contributed by atoms with van der Waals surface area (Å²) in [5.41, 5.74) is 0. The van der Waals surface area contributed by atoms with Gasteiger partial charge < -0.3 is 19.7 Å². The van der Waals surface area contributed by atoms with E-state index < -0.39 is 18.2 Å². The molecule has 0 aromatic heterocycles. The van der Waals surface area contributed by atoms with Gasteiger partial charge in [0, 0.05) is 6.54 Å². The van der Waals surface area contributed by atoms with Gasteiger partial charge in [-0.1, -0.05) is 20.8 Å². The standard InChI is InChI=1S/C16H28N2O5/c1-6-23-15(20)13-11(4)8-7-9-18(13)14(19)12(10(2)3)17-16(21)22-5/h10-13H,6-9H2,1-5H3,(H,17,21). The van der Waals surface area contributed by atoms with Gasteiger partial charge in [-0.05, 0) is 31.6 Å². The van der Waals surface area contributed by atoms with E-state index in [2.05, 4.69) is 10.1 Å². The Morgan fingerprint density at radius 2 is 1.96 bits per heavy atom. The van der Waals surface area contributed by atoms with Crippen LogP contribution in [0.4, 0.5) is 4.79 Å². The van der Waals surface area contributed by atoms with Crippen LogP contribution in [0, 0.1) is 11.8 Å². The minimum Gasteiger partial charge on any atom is -0.464 e. The van der Waals surface area contributed by atoms with E-state index in [1.165, 1.54) is 7.11 Å². The van der Waals surface area contributed by atoms with Gasteiger partial charge in [-0.3, -0.25) is 4.79 Å². The molecule has 1 saturated heterocycles. The molecule has 0 aromatic rings. The Hall–Kier alpha value is -1.79. The molecule has 0 saturated carbocycles. The van der Waals surface area contributed by atoms with Gasteiger partial charge in [0.2, 0.25) is 5.91 Å². The number of nitrogens with one attached hydrogen (secondary N) is 1. The summed E-state index contributed by atoms with van der Waals surface area (Å²) in [5, 5.41) is 2.57. The third-order valence-corrected chi connectivity index (χ3v) is 4.14. The third kappa shape index (κ3) is 4.84. The van der Waals surface area contributed by atoms with E-state index in [0.717, 1.165) is 12.8 Å². The summed E-state index contributed by atoms with van der Waals surface area (Å²) in [6.07, 6.45) is 1.03. The molecule has 1 rings (SSSR count). The van der Waals surface area contributed by atoms with Gasteiger partial charge in [-0.25, -0.2) is 9.59 Å². The topological polar surface area (TPSA) is 84.9 Å². The molecule has 1 N–H and O–H groups in total. The molecular weight excluding hydrogens is 300 g/mol. The van der Waals surface area contributed by atoms with E-state index in [1.807, 2.05) is 20.8 Å². The van der Waals surface area contributed by atoms with Crippen molar-refractivity contribution in [3.05, 3.63) is 0 Å². The van der Waals surface area contributed by atoms with Gasteiger partial charge in [0.25, 0.3) is 0 Å². The quantitative estimate of drug-likeness (QED) is 0.774. The molecule has 0 radical (unpaired) electrons. The van der Waals surface area contributed by atoms with E-state index in [1.54, 1.807) is 11.8 Å². The highest BCUT2D eigenvalue weighted by Gasteiger charge is 2.41. The summed E-state index contributed by atoms with van der Waals surface area (Å²) < 4.78 is 9.72. The fraction of sp³-hybridized carbons (Fsp3) is 0.812. The lowest BCUT2D eigenvalue weighted by Gasteiger charge is -2.40. The largest absolute Gasteiger partial charge is 0.464 e. The summed E-state index contributed by atoms with van der Waals surface area (Å²) in [6, 6.07) is -1.33. The Morgan fingerprint density at radius 1 is 1.30 bits per heavy atom. The van der Waals surface area contributed by atoms with Gasteiger partial charge >= 0.3 is 12.1 Å². The molecule has 3 atom stereocenters. The van der Waals surface area contributed by atoms with Crippen LogP contribution in [0.25, 0.3) is 0 Å². The van der Waals surface area contributed by atoms with E-state index in [-0.39, 0.29) is 30.3 Å². The highest BCUT2D eigenvalue weighted by atomic mass is 16.5. The smallest absolute Gasteiger partial charge is 0.407 e. The number of ether oxygens (including phenoxy) is 2. The minimum atomic E-state index is -0.732. The van der Waals surface area contributed by atoms with Crippen LogP contribution >= 0.6 is 0 Å². The molecule has 1 heterocycles. The SMILES string of the molecule is CCOC(=O)C1C(C)CCCN1C(=O)C(NC(=O)OC)C(C)C. The summed E-state index contributed by atoms with van der Waals surface area (Å²) in [5.74, 6) is -0.747. The predicted molar refractivity (Wildman–Crippen MR) is 84.7 cm³/mol. The van der Waals surface area contributed by atoms with Gasteiger partial charge in [0.05, 0.1) is 13.7 Å². The van der Waals surface area contributed by atoms with E-state index in [0.29, 0.717) is 6.54 Å². The number of hydrogen-bond acceptors (Lipinski definition) is 5. The molecule has 1 aliphatic rings. The Bertz CT molecular complexity index is 438. The van der Waals surface area contributed by atoms with Crippen LogP contribution in [0.15, 0.2) is 0 Å². The molecule has 0 aromatic carbocycles. The number of methoxy groups -OCH3 is 1. The minimum absolute atomic E-state index is 0.0256. The molecule has 1 aliphatic heterocycles. The summed E-state index contributed by atoms with van der Waals surface area (Å²) in [4.78, 5) is 38.2. The van der Waals surface area contributed by atoms with Crippen LogP contribution in [-0.4, -0.2) is 55.2 Å². The number of amides is 2. The zero-order valence-corrected chi connectivity index (χ0v) is 14.6. The average Bonchev–Trinajstić information content (AvgIpc) is 2.51. The maximum absolute atomic E-state index is 12.9. The van der Waals surface area contributed by atoms with Crippen LogP contribution in [0.2, 0.25) is 0 Å².